The van der Waals surface area contributed by atoms with Crippen LogP contribution in [0.25, 0.3) is 0 Å². The third-order valence-electron chi connectivity index (χ3n) is 3.58. The van der Waals surface area contributed by atoms with E-state index in [0.29, 0.717) is 12.0 Å². The van der Waals surface area contributed by atoms with Gasteiger partial charge >= 0.3 is 11.2 Å². The van der Waals surface area contributed by atoms with E-state index >= 15 is 0 Å². The summed E-state index contributed by atoms with van der Waals surface area (Å²) < 4.78 is 53.8. The maximum absolute atomic E-state index is 13.6. The Labute approximate surface area is 100 Å². The maximum Gasteiger partial charge on any atom is 0.357 e. The number of rotatable bonds is 0. The van der Waals surface area contributed by atoms with E-state index in [-0.39, 0.29) is 18.2 Å². The third-order valence-corrected chi connectivity index (χ3v) is 4.99. The van der Waals surface area contributed by atoms with Crippen LogP contribution in [-0.4, -0.2) is 11.2 Å². The Morgan fingerprint density at radius 3 is 2.59 bits per heavy atom. The fraction of sp³-hybridized carbons (Fsp3) is 0.500. The first-order chi connectivity index (χ1) is 7.93. The van der Waals surface area contributed by atoms with E-state index in [1.807, 2.05) is 12.1 Å². The van der Waals surface area contributed by atoms with Gasteiger partial charge in [0.15, 0.2) is 0 Å². The number of hydrogen-bond acceptors (Lipinski definition) is 1. The lowest BCUT2D eigenvalue weighted by Crippen LogP contribution is -2.39. The van der Waals surface area contributed by atoms with Crippen LogP contribution in [0.4, 0.5) is 17.6 Å². The fourth-order valence-corrected chi connectivity index (χ4v) is 4.15. The summed E-state index contributed by atoms with van der Waals surface area (Å²) in [5, 5.41) is -4.72. The van der Waals surface area contributed by atoms with Gasteiger partial charge in [0.1, 0.15) is 0 Å². The van der Waals surface area contributed by atoms with Crippen LogP contribution in [0.1, 0.15) is 22.8 Å². The maximum atomic E-state index is 13.6. The molecule has 0 N–H and O–H groups in total. The van der Waals surface area contributed by atoms with Crippen LogP contribution in [-0.2, 0) is 6.42 Å². The minimum absolute atomic E-state index is 0.118. The molecular formula is C12H10F4S. The van der Waals surface area contributed by atoms with Crippen molar-refractivity contribution in [3.8, 4) is 0 Å². The Balaban J connectivity index is 2.08. The number of fused-ring (bicyclic) bond motifs is 3. The van der Waals surface area contributed by atoms with E-state index in [1.165, 1.54) is 0 Å². The van der Waals surface area contributed by atoms with Gasteiger partial charge in [0.25, 0.3) is 0 Å². The van der Waals surface area contributed by atoms with Crippen LogP contribution in [0, 0.1) is 5.92 Å². The van der Waals surface area contributed by atoms with Crippen molar-refractivity contribution in [2.45, 2.75) is 29.3 Å². The average Bonchev–Trinajstić information content (AvgIpc) is 2.46. The Kier molecular flexibility index (Phi) is 2.28. The molecule has 0 aromatic heterocycles. The van der Waals surface area contributed by atoms with E-state index < -0.39 is 22.3 Å². The predicted octanol–water partition coefficient (Wildman–Crippen LogP) is 4.27. The van der Waals surface area contributed by atoms with E-state index in [0.717, 1.165) is 5.56 Å². The Hall–Kier alpha value is -0.710. The second-order valence-corrected chi connectivity index (χ2v) is 5.78. The molecule has 0 amide bonds. The van der Waals surface area contributed by atoms with Crippen molar-refractivity contribution < 1.29 is 17.6 Å². The second-order valence-electron chi connectivity index (χ2n) is 4.52. The van der Waals surface area contributed by atoms with Gasteiger partial charge in [0, 0.05) is 11.2 Å². The van der Waals surface area contributed by atoms with Crippen LogP contribution in [0.5, 0.6) is 0 Å². The van der Waals surface area contributed by atoms with Crippen LogP contribution in [0.2, 0.25) is 0 Å². The molecule has 0 bridgehead atoms. The molecule has 1 aromatic rings. The summed E-state index contributed by atoms with van der Waals surface area (Å²) in [5.41, 5.74) is 1.58. The van der Waals surface area contributed by atoms with E-state index in [1.54, 1.807) is 12.1 Å². The number of halogens is 4. The van der Waals surface area contributed by atoms with Gasteiger partial charge in [-0.1, -0.05) is 36.0 Å². The minimum atomic E-state index is -3.94. The van der Waals surface area contributed by atoms with Crippen LogP contribution in [0.3, 0.4) is 0 Å². The molecule has 2 unspecified atom stereocenters. The summed E-state index contributed by atoms with van der Waals surface area (Å²) in [7, 11) is 0. The molecule has 0 saturated carbocycles. The zero-order chi connectivity index (χ0) is 12.3. The van der Waals surface area contributed by atoms with Crippen molar-refractivity contribution >= 4 is 11.8 Å². The number of thioether (sulfide) groups is 1. The summed E-state index contributed by atoms with van der Waals surface area (Å²) in [6, 6.07) is 7.06. The standard InChI is InChI=1S/C12H10F4S/c13-11(14)9-6-5-7-3-1-2-4-8(7)10(9)17-12(11,15)16/h1-4,9-10H,5-6H2. The van der Waals surface area contributed by atoms with Gasteiger partial charge in [-0.15, -0.1) is 0 Å². The van der Waals surface area contributed by atoms with Crippen LogP contribution in [0.15, 0.2) is 24.3 Å². The summed E-state index contributed by atoms with van der Waals surface area (Å²) in [6.45, 7) is 0. The van der Waals surface area contributed by atoms with Crippen molar-refractivity contribution in [2.75, 3.05) is 0 Å². The molecule has 1 aromatic carbocycles. The predicted molar refractivity (Wildman–Crippen MR) is 58.5 cm³/mol. The van der Waals surface area contributed by atoms with Gasteiger partial charge in [-0.05, 0) is 24.0 Å². The number of benzene rings is 1. The Bertz CT molecular complexity index is 458. The van der Waals surface area contributed by atoms with Crippen molar-refractivity contribution in [1.82, 2.24) is 0 Å². The van der Waals surface area contributed by atoms with Crippen molar-refractivity contribution in [1.29, 1.82) is 0 Å². The van der Waals surface area contributed by atoms with Crippen molar-refractivity contribution in [3.63, 3.8) is 0 Å². The van der Waals surface area contributed by atoms with Crippen LogP contribution >= 0.6 is 11.8 Å². The van der Waals surface area contributed by atoms with E-state index in [2.05, 4.69) is 0 Å². The topological polar surface area (TPSA) is 0 Å². The first-order valence-electron chi connectivity index (χ1n) is 5.45. The number of hydrogen-bond donors (Lipinski definition) is 0. The lowest BCUT2D eigenvalue weighted by molar-refractivity contribution is -0.176. The van der Waals surface area contributed by atoms with Crippen molar-refractivity contribution in [2.24, 2.45) is 5.92 Å². The van der Waals surface area contributed by atoms with E-state index in [4.69, 9.17) is 0 Å². The molecule has 3 rings (SSSR count). The molecule has 1 aliphatic heterocycles. The zero-order valence-electron chi connectivity index (χ0n) is 8.80. The molecule has 5 heteroatoms. The second kappa shape index (κ2) is 3.40. The first-order valence-corrected chi connectivity index (χ1v) is 6.33. The van der Waals surface area contributed by atoms with Crippen molar-refractivity contribution in [3.05, 3.63) is 35.4 Å². The highest BCUT2D eigenvalue weighted by molar-refractivity contribution is 8.00. The minimum Gasteiger partial charge on any atom is -0.198 e. The first kappa shape index (κ1) is 11.4. The van der Waals surface area contributed by atoms with Gasteiger partial charge in [0.2, 0.25) is 0 Å². The molecule has 17 heavy (non-hydrogen) atoms. The van der Waals surface area contributed by atoms with Gasteiger partial charge < -0.3 is 0 Å². The third kappa shape index (κ3) is 1.44. The summed E-state index contributed by atoms with van der Waals surface area (Å²) in [5.74, 6) is -5.13. The van der Waals surface area contributed by atoms with E-state index in [9.17, 15) is 17.6 Å². The van der Waals surface area contributed by atoms with Gasteiger partial charge in [-0.25, -0.2) is 0 Å². The molecular weight excluding hydrogens is 252 g/mol. The Morgan fingerprint density at radius 1 is 1.12 bits per heavy atom. The highest BCUT2D eigenvalue weighted by atomic mass is 32.2. The number of alkyl halides is 4. The molecule has 0 nitrogen and oxygen atoms in total. The molecule has 0 spiro atoms. The van der Waals surface area contributed by atoms with Gasteiger partial charge in [0.05, 0.1) is 0 Å². The average molecular weight is 262 g/mol. The lowest BCUT2D eigenvalue weighted by atomic mass is 9.80. The number of aryl methyl sites for hydroxylation is 1. The normalized spacial score (nSPS) is 32.9. The largest absolute Gasteiger partial charge is 0.357 e. The smallest absolute Gasteiger partial charge is 0.198 e. The van der Waals surface area contributed by atoms with Crippen LogP contribution < -0.4 is 0 Å². The van der Waals surface area contributed by atoms with Gasteiger partial charge in [-0.2, -0.15) is 17.6 Å². The molecule has 1 saturated heterocycles. The molecule has 2 aliphatic rings. The molecule has 92 valence electrons. The summed E-state index contributed by atoms with van der Waals surface area (Å²) in [6.07, 6.45) is 0.598. The quantitative estimate of drug-likeness (QED) is 0.629. The fourth-order valence-electron chi connectivity index (χ4n) is 2.69. The summed E-state index contributed by atoms with van der Waals surface area (Å²) in [4.78, 5) is 0. The molecule has 0 radical (unpaired) electrons. The molecule has 1 aliphatic carbocycles. The molecule has 1 heterocycles. The lowest BCUT2D eigenvalue weighted by Gasteiger charge is -2.29. The Morgan fingerprint density at radius 2 is 1.82 bits per heavy atom. The highest BCUT2D eigenvalue weighted by Crippen LogP contribution is 2.66. The van der Waals surface area contributed by atoms with Gasteiger partial charge in [-0.3, -0.25) is 0 Å². The SMILES string of the molecule is FC1(F)SC2c3ccccc3CCC2C1(F)F. The molecule has 1 fully saturated rings. The molecule has 2 atom stereocenters. The zero-order valence-corrected chi connectivity index (χ0v) is 9.61. The summed E-state index contributed by atoms with van der Waals surface area (Å²) >= 11 is 0.118. The monoisotopic (exact) mass is 262 g/mol. The highest BCUT2D eigenvalue weighted by Gasteiger charge is 2.70.